The van der Waals surface area contributed by atoms with Crippen LogP contribution in [0.2, 0.25) is 0 Å². The van der Waals surface area contributed by atoms with E-state index in [4.69, 9.17) is 16.7 Å². The topological polar surface area (TPSA) is 66.8 Å². The van der Waals surface area contributed by atoms with Gasteiger partial charge < -0.3 is 9.94 Å². The molecule has 0 aromatic carbocycles. The molecule has 14 heavy (non-hydrogen) atoms. The molecule has 0 bridgehead atoms. The van der Waals surface area contributed by atoms with Crippen molar-refractivity contribution in [1.29, 1.82) is 0 Å². The SMILES string of the molecule is O=CC1=C(Cl)CCCN(OC(=O)O)C1. The number of hydrogen-bond acceptors (Lipinski definition) is 4. The summed E-state index contributed by atoms with van der Waals surface area (Å²) in [6, 6.07) is 0. The second-order valence-electron chi connectivity index (χ2n) is 2.87. The summed E-state index contributed by atoms with van der Waals surface area (Å²) in [6.45, 7) is 0.564. The van der Waals surface area contributed by atoms with Crippen molar-refractivity contribution >= 4 is 24.0 Å². The van der Waals surface area contributed by atoms with Gasteiger partial charge in [-0.05, 0) is 12.8 Å². The molecule has 1 N–H and O–H groups in total. The number of hydroxylamine groups is 2. The first-order valence-corrected chi connectivity index (χ1v) is 4.50. The van der Waals surface area contributed by atoms with Gasteiger partial charge >= 0.3 is 6.16 Å². The number of rotatable bonds is 2. The molecule has 0 aromatic heterocycles. The van der Waals surface area contributed by atoms with Crippen LogP contribution in [0.15, 0.2) is 10.6 Å². The van der Waals surface area contributed by atoms with E-state index in [1.54, 1.807) is 0 Å². The zero-order valence-corrected chi connectivity index (χ0v) is 8.16. The minimum Gasteiger partial charge on any atom is -0.448 e. The van der Waals surface area contributed by atoms with Gasteiger partial charge in [0.05, 0.1) is 6.54 Å². The Morgan fingerprint density at radius 3 is 2.93 bits per heavy atom. The maximum absolute atomic E-state index is 10.6. The molecule has 1 aliphatic heterocycles. The highest BCUT2D eigenvalue weighted by molar-refractivity contribution is 6.31. The molecule has 0 aliphatic carbocycles. The van der Waals surface area contributed by atoms with E-state index in [1.807, 2.05) is 0 Å². The molecule has 5 nitrogen and oxygen atoms in total. The molecule has 1 heterocycles. The maximum Gasteiger partial charge on any atom is 0.525 e. The fourth-order valence-corrected chi connectivity index (χ4v) is 1.45. The van der Waals surface area contributed by atoms with Crippen LogP contribution in [0.25, 0.3) is 0 Å². The minimum absolute atomic E-state index is 0.120. The van der Waals surface area contributed by atoms with Gasteiger partial charge in [-0.3, -0.25) is 4.79 Å². The molecule has 0 saturated heterocycles. The summed E-state index contributed by atoms with van der Waals surface area (Å²) in [4.78, 5) is 25.3. The Morgan fingerprint density at radius 2 is 2.36 bits per heavy atom. The molecule has 0 aromatic rings. The Balaban J connectivity index is 2.66. The van der Waals surface area contributed by atoms with Crippen LogP contribution in [0.1, 0.15) is 12.8 Å². The number of allylic oxidation sites excluding steroid dienone is 1. The zero-order chi connectivity index (χ0) is 10.6. The summed E-state index contributed by atoms with van der Waals surface area (Å²) >= 11 is 5.81. The van der Waals surface area contributed by atoms with Crippen molar-refractivity contribution in [2.75, 3.05) is 13.1 Å². The summed E-state index contributed by atoms with van der Waals surface area (Å²) in [5.74, 6) is 0. The molecule has 0 amide bonds. The number of carbonyl (C=O) groups is 2. The Morgan fingerprint density at radius 1 is 1.64 bits per heavy atom. The van der Waals surface area contributed by atoms with Gasteiger partial charge in [0.2, 0.25) is 0 Å². The average Bonchev–Trinajstić information content (AvgIpc) is 2.27. The Labute approximate surface area is 85.8 Å². The first-order chi connectivity index (χ1) is 6.63. The number of nitrogens with zero attached hydrogens (tertiary/aromatic N) is 1. The quantitative estimate of drug-likeness (QED) is 0.711. The van der Waals surface area contributed by atoms with Crippen molar-refractivity contribution in [1.82, 2.24) is 5.06 Å². The van der Waals surface area contributed by atoms with E-state index >= 15 is 0 Å². The van der Waals surface area contributed by atoms with Gasteiger partial charge in [0, 0.05) is 17.2 Å². The monoisotopic (exact) mass is 219 g/mol. The second kappa shape index (κ2) is 4.97. The van der Waals surface area contributed by atoms with Gasteiger partial charge in [-0.1, -0.05) is 11.6 Å². The highest BCUT2D eigenvalue weighted by Gasteiger charge is 2.18. The van der Waals surface area contributed by atoms with Gasteiger partial charge in [0.15, 0.2) is 0 Å². The van der Waals surface area contributed by atoms with Crippen molar-refractivity contribution in [3.05, 3.63) is 10.6 Å². The third-order valence-electron chi connectivity index (χ3n) is 1.85. The van der Waals surface area contributed by atoms with Crippen LogP contribution in [0.4, 0.5) is 4.79 Å². The molecule has 6 heteroatoms. The number of aldehydes is 1. The van der Waals surface area contributed by atoms with Gasteiger partial charge in [-0.15, -0.1) is 5.06 Å². The predicted octanol–water partition coefficient (Wildman–Crippen LogP) is 1.38. The largest absolute Gasteiger partial charge is 0.525 e. The van der Waals surface area contributed by atoms with Crippen molar-refractivity contribution in [2.45, 2.75) is 12.8 Å². The molecule has 0 fully saturated rings. The Hall–Kier alpha value is -1.07. The van der Waals surface area contributed by atoms with E-state index < -0.39 is 6.16 Å². The van der Waals surface area contributed by atoms with Crippen LogP contribution in [-0.4, -0.2) is 35.7 Å². The number of hydrogen-bond donors (Lipinski definition) is 1. The lowest BCUT2D eigenvalue weighted by atomic mass is 10.2. The van der Waals surface area contributed by atoms with E-state index in [-0.39, 0.29) is 6.54 Å². The summed E-state index contributed by atoms with van der Waals surface area (Å²) < 4.78 is 0. The molecule has 0 atom stereocenters. The van der Waals surface area contributed by atoms with Gasteiger partial charge in [0.25, 0.3) is 0 Å². The molecule has 0 saturated carbocycles. The van der Waals surface area contributed by atoms with Crippen LogP contribution in [0, 0.1) is 0 Å². The van der Waals surface area contributed by atoms with Crippen molar-refractivity contribution in [2.24, 2.45) is 0 Å². The number of carbonyl (C=O) groups excluding carboxylic acids is 1. The lowest BCUT2D eigenvalue weighted by molar-refractivity contribution is -0.118. The lowest BCUT2D eigenvalue weighted by Crippen LogP contribution is -2.29. The molecule has 0 radical (unpaired) electrons. The Bertz CT molecular complexity index is 277. The van der Waals surface area contributed by atoms with Crippen LogP contribution in [-0.2, 0) is 9.63 Å². The minimum atomic E-state index is -1.38. The summed E-state index contributed by atoms with van der Waals surface area (Å²) in [5, 5.41) is 10.1. The van der Waals surface area contributed by atoms with Crippen LogP contribution >= 0.6 is 11.6 Å². The zero-order valence-electron chi connectivity index (χ0n) is 7.40. The van der Waals surface area contributed by atoms with E-state index in [2.05, 4.69) is 4.84 Å². The van der Waals surface area contributed by atoms with E-state index in [1.165, 1.54) is 5.06 Å². The van der Waals surface area contributed by atoms with Crippen LogP contribution in [0.3, 0.4) is 0 Å². The first kappa shape index (κ1) is 11.0. The predicted molar refractivity (Wildman–Crippen MR) is 48.9 cm³/mol. The molecule has 78 valence electrons. The van der Waals surface area contributed by atoms with Crippen molar-refractivity contribution < 1.29 is 19.5 Å². The lowest BCUT2D eigenvalue weighted by Gasteiger charge is -2.16. The molecule has 0 spiro atoms. The van der Waals surface area contributed by atoms with Crippen LogP contribution < -0.4 is 0 Å². The normalized spacial score (nSPS) is 18.9. The van der Waals surface area contributed by atoms with Gasteiger partial charge in [-0.25, -0.2) is 4.79 Å². The molecule has 0 unspecified atom stereocenters. The summed E-state index contributed by atoms with van der Waals surface area (Å²) in [6.07, 6.45) is 0.498. The molecule has 1 rings (SSSR count). The van der Waals surface area contributed by atoms with E-state index in [0.717, 1.165) is 0 Å². The summed E-state index contributed by atoms with van der Waals surface area (Å²) in [7, 11) is 0. The highest BCUT2D eigenvalue weighted by Crippen LogP contribution is 2.20. The molecular formula is C8H10ClNO4. The second-order valence-corrected chi connectivity index (χ2v) is 3.33. The van der Waals surface area contributed by atoms with Crippen molar-refractivity contribution in [3.8, 4) is 0 Å². The highest BCUT2D eigenvalue weighted by atomic mass is 35.5. The average molecular weight is 220 g/mol. The van der Waals surface area contributed by atoms with Crippen molar-refractivity contribution in [3.63, 3.8) is 0 Å². The molecular weight excluding hydrogens is 210 g/mol. The smallest absolute Gasteiger partial charge is 0.448 e. The number of halogens is 1. The van der Waals surface area contributed by atoms with Gasteiger partial charge in [-0.2, -0.15) is 0 Å². The van der Waals surface area contributed by atoms with E-state index in [0.29, 0.717) is 36.3 Å². The fourth-order valence-electron chi connectivity index (χ4n) is 1.22. The Kier molecular flexibility index (Phi) is 3.91. The fraction of sp³-hybridized carbons (Fsp3) is 0.500. The summed E-state index contributed by atoms with van der Waals surface area (Å²) in [5.41, 5.74) is 0.380. The van der Waals surface area contributed by atoms with E-state index in [9.17, 15) is 9.59 Å². The number of carboxylic acid groups (broad SMARTS) is 1. The van der Waals surface area contributed by atoms with Gasteiger partial charge in [0.1, 0.15) is 6.29 Å². The third-order valence-corrected chi connectivity index (χ3v) is 2.28. The standard InChI is InChI=1S/C8H10ClNO4/c9-7-2-1-3-10(14-8(12)13)4-6(7)5-11/h5H,1-4H2,(H,12,13). The maximum atomic E-state index is 10.6. The third kappa shape index (κ3) is 3.01. The molecule has 1 aliphatic rings. The van der Waals surface area contributed by atoms with Crippen LogP contribution in [0.5, 0.6) is 0 Å². The first-order valence-electron chi connectivity index (χ1n) is 4.12.